The molecular weight excluding hydrogens is 456 g/mol. The van der Waals surface area contributed by atoms with Crippen LogP contribution in [-0.4, -0.2) is 49.4 Å². The third-order valence-corrected chi connectivity index (χ3v) is 8.05. The molecule has 1 saturated carbocycles. The summed E-state index contributed by atoms with van der Waals surface area (Å²) in [5.41, 5.74) is 3.43. The van der Waals surface area contributed by atoms with E-state index in [1.807, 2.05) is 30.3 Å². The number of H-pyrrole nitrogens is 1. The number of amides is 1. The molecule has 3 aromatic carbocycles. The van der Waals surface area contributed by atoms with Gasteiger partial charge in [0.25, 0.3) is 5.91 Å². The van der Waals surface area contributed by atoms with Crippen LogP contribution in [0, 0.1) is 5.92 Å². The lowest BCUT2D eigenvalue weighted by atomic mass is 9.80. The summed E-state index contributed by atoms with van der Waals surface area (Å²) in [5, 5.41) is 2.94. The highest BCUT2D eigenvalue weighted by molar-refractivity contribution is 6.12. The molecule has 1 spiro atoms. The van der Waals surface area contributed by atoms with Crippen LogP contribution in [0.25, 0.3) is 21.7 Å². The minimum absolute atomic E-state index is 0.0467. The Labute approximate surface area is 207 Å². The number of carbonyl (C=O) groups excluding carboxylic acids is 2. The maximum absolute atomic E-state index is 13.8. The molecule has 7 nitrogen and oxygen atoms in total. The van der Waals surface area contributed by atoms with Gasteiger partial charge in [0.05, 0.1) is 26.8 Å². The van der Waals surface area contributed by atoms with Gasteiger partial charge in [-0.25, -0.2) is 0 Å². The molecule has 0 unspecified atom stereocenters. The van der Waals surface area contributed by atoms with Crippen molar-refractivity contribution in [3.05, 3.63) is 77.1 Å². The third-order valence-electron chi connectivity index (χ3n) is 8.05. The predicted octanol–water partition coefficient (Wildman–Crippen LogP) is 4.84. The smallest absolute Gasteiger partial charge is 0.274 e. The zero-order chi connectivity index (χ0) is 24.8. The molecule has 2 heterocycles. The number of allylic oxidation sites excluding steroid dienone is 2. The first kappa shape index (κ1) is 21.1. The van der Waals surface area contributed by atoms with Gasteiger partial charge >= 0.3 is 0 Å². The van der Waals surface area contributed by atoms with Gasteiger partial charge in [-0.05, 0) is 52.9 Å². The van der Waals surface area contributed by atoms with E-state index in [2.05, 4.69) is 17.1 Å². The summed E-state index contributed by atoms with van der Waals surface area (Å²) in [6, 6.07) is 15.9. The molecule has 1 N–H and O–H groups in total. The van der Waals surface area contributed by atoms with Crippen LogP contribution >= 0.6 is 0 Å². The predicted molar refractivity (Wildman–Crippen MR) is 135 cm³/mol. The SMILES string of the molecule is COc1cc2cc(C(=O)N3C[C@@H]4C[C@]45C3=CC(=O)c3cc4ccccc4cc35)[nH]c2c(OC)c1OC. The monoisotopic (exact) mass is 480 g/mol. The number of benzene rings is 3. The minimum Gasteiger partial charge on any atom is -0.493 e. The summed E-state index contributed by atoms with van der Waals surface area (Å²) in [5.74, 6) is 1.54. The van der Waals surface area contributed by atoms with Crippen molar-refractivity contribution in [2.45, 2.75) is 11.8 Å². The topological polar surface area (TPSA) is 80.9 Å². The van der Waals surface area contributed by atoms with Crippen LogP contribution in [0.4, 0.5) is 0 Å². The molecule has 1 aliphatic heterocycles. The van der Waals surface area contributed by atoms with Gasteiger partial charge < -0.3 is 24.1 Å². The van der Waals surface area contributed by atoms with Crippen molar-refractivity contribution in [2.75, 3.05) is 27.9 Å². The highest BCUT2D eigenvalue weighted by Gasteiger charge is 2.67. The van der Waals surface area contributed by atoms with E-state index in [0.717, 1.165) is 39.4 Å². The number of hydrogen-bond donors (Lipinski definition) is 1. The van der Waals surface area contributed by atoms with E-state index >= 15 is 0 Å². The Kier molecular flexibility index (Phi) is 4.17. The van der Waals surface area contributed by atoms with Gasteiger partial charge in [-0.3, -0.25) is 9.59 Å². The number of nitrogens with one attached hydrogen (secondary N) is 1. The molecule has 0 bridgehead atoms. The van der Waals surface area contributed by atoms with E-state index in [-0.39, 0.29) is 17.1 Å². The number of hydrogen-bond acceptors (Lipinski definition) is 5. The van der Waals surface area contributed by atoms with Gasteiger partial charge in [0.1, 0.15) is 5.69 Å². The van der Waals surface area contributed by atoms with Gasteiger partial charge in [0.15, 0.2) is 17.3 Å². The molecule has 3 aliphatic rings. The third kappa shape index (κ3) is 2.57. The normalized spacial score (nSPS) is 21.6. The number of nitrogens with zero attached hydrogens (tertiary/aromatic N) is 1. The van der Waals surface area contributed by atoms with Crippen molar-refractivity contribution in [2.24, 2.45) is 5.92 Å². The fourth-order valence-electron chi connectivity index (χ4n) is 6.31. The first-order valence-electron chi connectivity index (χ1n) is 11.9. The number of likely N-dealkylation sites (tertiary alicyclic amines) is 1. The average Bonchev–Trinajstić information content (AvgIpc) is 3.29. The van der Waals surface area contributed by atoms with Crippen molar-refractivity contribution >= 4 is 33.4 Å². The van der Waals surface area contributed by atoms with Crippen LogP contribution in [0.2, 0.25) is 0 Å². The molecule has 180 valence electrons. The first-order valence-corrected chi connectivity index (χ1v) is 11.9. The van der Waals surface area contributed by atoms with E-state index in [0.29, 0.717) is 40.9 Å². The van der Waals surface area contributed by atoms with Crippen LogP contribution in [0.3, 0.4) is 0 Å². The second kappa shape index (κ2) is 7.13. The Bertz CT molecular complexity index is 1670. The molecule has 4 aromatic rings. The lowest BCUT2D eigenvalue weighted by molar-refractivity contribution is 0.0806. The number of ether oxygens (including phenoxy) is 3. The lowest BCUT2D eigenvalue weighted by Gasteiger charge is -2.29. The van der Waals surface area contributed by atoms with Crippen molar-refractivity contribution < 1.29 is 23.8 Å². The van der Waals surface area contributed by atoms with E-state index < -0.39 is 0 Å². The number of rotatable bonds is 4. The van der Waals surface area contributed by atoms with Crippen LogP contribution in [0.1, 0.15) is 32.8 Å². The maximum atomic E-state index is 13.8. The van der Waals surface area contributed by atoms with E-state index in [9.17, 15) is 9.59 Å². The van der Waals surface area contributed by atoms with Crippen molar-refractivity contribution in [1.82, 2.24) is 9.88 Å². The van der Waals surface area contributed by atoms with Gasteiger partial charge in [-0.15, -0.1) is 0 Å². The summed E-state index contributed by atoms with van der Waals surface area (Å²) in [4.78, 5) is 32.1. The zero-order valence-corrected chi connectivity index (χ0v) is 20.2. The summed E-state index contributed by atoms with van der Waals surface area (Å²) >= 11 is 0. The molecule has 2 aliphatic carbocycles. The Balaban J connectivity index is 1.31. The molecule has 1 saturated heterocycles. The quantitative estimate of drug-likeness (QED) is 0.452. The number of aromatic nitrogens is 1. The Morgan fingerprint density at radius 2 is 1.72 bits per heavy atom. The number of fused-ring (bicyclic) bond motifs is 3. The van der Waals surface area contributed by atoms with Crippen LogP contribution in [0.5, 0.6) is 17.2 Å². The Morgan fingerprint density at radius 1 is 0.972 bits per heavy atom. The van der Waals surface area contributed by atoms with Crippen LogP contribution in [0.15, 0.2) is 60.3 Å². The number of ketones is 1. The summed E-state index contributed by atoms with van der Waals surface area (Å²) < 4.78 is 16.5. The number of carbonyl (C=O) groups is 2. The Morgan fingerprint density at radius 3 is 2.44 bits per heavy atom. The average molecular weight is 481 g/mol. The molecule has 7 heteroatoms. The first-order chi connectivity index (χ1) is 17.5. The Hall–Kier alpha value is -4.26. The standard InChI is InChI=1S/C29H24N2O5/c1-34-23-11-17-10-21(30-25(17)27(36-3)26(23)35-2)28(33)31-14-18-13-29(18)20-9-16-7-5-4-6-15(16)8-19(20)22(32)12-24(29)31/h4-12,18,30H,13-14H2,1-3H3/t18-,29-/m0/s1. The summed E-state index contributed by atoms with van der Waals surface area (Å²) in [7, 11) is 4.66. The fourth-order valence-corrected chi connectivity index (χ4v) is 6.31. The second-order valence-electron chi connectivity index (χ2n) is 9.72. The zero-order valence-electron chi connectivity index (χ0n) is 20.2. The van der Waals surface area contributed by atoms with Gasteiger partial charge in [0, 0.05) is 34.7 Å². The van der Waals surface area contributed by atoms with E-state index in [1.54, 1.807) is 38.4 Å². The van der Waals surface area contributed by atoms with Crippen molar-refractivity contribution in [3.8, 4) is 17.2 Å². The molecule has 36 heavy (non-hydrogen) atoms. The summed E-state index contributed by atoms with van der Waals surface area (Å²) in [6.07, 6.45) is 2.63. The van der Waals surface area contributed by atoms with Crippen molar-refractivity contribution in [1.29, 1.82) is 0 Å². The second-order valence-corrected chi connectivity index (χ2v) is 9.72. The number of methoxy groups -OCH3 is 3. The van der Waals surface area contributed by atoms with Crippen LogP contribution < -0.4 is 14.2 Å². The highest BCUT2D eigenvalue weighted by atomic mass is 16.5. The molecule has 1 amide bonds. The molecule has 7 rings (SSSR count). The van der Waals surface area contributed by atoms with E-state index in [4.69, 9.17) is 14.2 Å². The van der Waals surface area contributed by atoms with Gasteiger partial charge in [0.2, 0.25) is 5.75 Å². The fraction of sp³-hybridized carbons (Fsp3) is 0.241. The molecule has 2 atom stereocenters. The van der Waals surface area contributed by atoms with Crippen LogP contribution in [-0.2, 0) is 5.41 Å². The lowest BCUT2D eigenvalue weighted by Crippen LogP contribution is -2.33. The number of aromatic amines is 1. The van der Waals surface area contributed by atoms with Crippen molar-refractivity contribution in [3.63, 3.8) is 0 Å². The molecule has 2 fully saturated rings. The molecule has 0 radical (unpaired) electrons. The summed E-state index contributed by atoms with van der Waals surface area (Å²) in [6.45, 7) is 0.587. The minimum atomic E-state index is -0.265. The highest BCUT2D eigenvalue weighted by Crippen LogP contribution is 2.67. The van der Waals surface area contributed by atoms with Gasteiger partial charge in [-0.2, -0.15) is 0 Å². The van der Waals surface area contributed by atoms with Gasteiger partial charge in [-0.1, -0.05) is 24.3 Å². The largest absolute Gasteiger partial charge is 0.493 e. The molecular formula is C29H24N2O5. The van der Waals surface area contributed by atoms with E-state index in [1.165, 1.54) is 0 Å². The molecule has 1 aromatic heterocycles. The number of piperidine rings is 1. The maximum Gasteiger partial charge on any atom is 0.274 e.